The number of phenols is 10. The second-order valence-electron chi connectivity index (χ2n) is 14.1. The molecule has 0 fully saturated rings. The minimum Gasteiger partial charge on any atom is -0.504 e. The number of benzene rings is 7. The molecule has 8 rings (SSSR count). The first-order valence-corrected chi connectivity index (χ1v) is 17.4. The Balaban J connectivity index is 1.20. The van der Waals surface area contributed by atoms with Crippen molar-refractivity contribution < 1.29 is 51.1 Å². The van der Waals surface area contributed by atoms with E-state index in [0.29, 0.717) is 17.1 Å². The Morgan fingerprint density at radius 2 is 0.679 bits per heavy atom. The molecule has 11 nitrogen and oxygen atoms in total. The number of anilines is 3. The van der Waals surface area contributed by atoms with E-state index in [9.17, 15) is 51.1 Å². The van der Waals surface area contributed by atoms with Gasteiger partial charge in [0.1, 0.15) is 0 Å². The van der Waals surface area contributed by atoms with Crippen molar-refractivity contribution in [3.05, 3.63) is 126 Å². The maximum absolute atomic E-state index is 10.6. The number of aromatic hydroxyl groups is 10. The standard InChI is InChI=1S/C45H35NO10/c1-45(2)31-6-4-3-5-29(31)30-20-13-25(21-32(30)45)22-7-14-26(15-8-22)46(27-16-9-23(10-17-27)33-35(47)39(51)43(55)40(52)36(33)48)28-18-11-24(12-19-28)34-37(49)41(53)44(56)42(54)38(34)50/h3-21,47-56H,1-2H3. The molecule has 10 N–H and O–H groups in total. The lowest BCUT2D eigenvalue weighted by Crippen LogP contribution is -2.14. The van der Waals surface area contributed by atoms with Crippen LogP contribution >= 0.6 is 0 Å². The summed E-state index contributed by atoms with van der Waals surface area (Å²) in [6.07, 6.45) is 0. The highest BCUT2D eigenvalue weighted by molar-refractivity contribution is 5.89. The number of hydrogen-bond acceptors (Lipinski definition) is 11. The Morgan fingerprint density at radius 1 is 0.339 bits per heavy atom. The molecule has 0 heterocycles. The van der Waals surface area contributed by atoms with Gasteiger partial charge in [-0.2, -0.15) is 0 Å². The summed E-state index contributed by atoms with van der Waals surface area (Å²) in [5.74, 6) is -9.42. The van der Waals surface area contributed by atoms with Gasteiger partial charge in [-0.1, -0.05) is 86.6 Å². The fraction of sp³-hybridized carbons (Fsp3) is 0.0667. The molecule has 0 radical (unpaired) electrons. The quantitative estimate of drug-likeness (QED) is 0.0572. The summed E-state index contributed by atoms with van der Waals surface area (Å²) >= 11 is 0. The van der Waals surface area contributed by atoms with Crippen molar-refractivity contribution in [1.82, 2.24) is 0 Å². The van der Waals surface area contributed by atoms with E-state index in [2.05, 4.69) is 56.3 Å². The molecule has 0 aromatic heterocycles. The predicted molar refractivity (Wildman–Crippen MR) is 212 cm³/mol. The van der Waals surface area contributed by atoms with Crippen LogP contribution in [0.25, 0.3) is 44.5 Å². The molecular weight excluding hydrogens is 714 g/mol. The van der Waals surface area contributed by atoms with Crippen LogP contribution in [0.5, 0.6) is 57.5 Å². The molecular formula is C45H35NO10. The third-order valence-corrected chi connectivity index (χ3v) is 10.6. The molecule has 56 heavy (non-hydrogen) atoms. The molecule has 280 valence electrons. The van der Waals surface area contributed by atoms with Crippen molar-refractivity contribution in [2.45, 2.75) is 19.3 Å². The molecule has 7 aromatic carbocycles. The number of nitrogens with zero attached hydrogens (tertiary/aromatic N) is 1. The van der Waals surface area contributed by atoms with Gasteiger partial charge in [0.2, 0.25) is 34.5 Å². The summed E-state index contributed by atoms with van der Waals surface area (Å²) in [4.78, 5) is 1.87. The molecule has 0 amide bonds. The van der Waals surface area contributed by atoms with Crippen LogP contribution in [-0.4, -0.2) is 51.1 Å². The van der Waals surface area contributed by atoms with Crippen molar-refractivity contribution in [1.29, 1.82) is 0 Å². The van der Waals surface area contributed by atoms with Crippen molar-refractivity contribution in [3.8, 4) is 102 Å². The van der Waals surface area contributed by atoms with Gasteiger partial charge < -0.3 is 56.0 Å². The Hall–Kier alpha value is -7.66. The van der Waals surface area contributed by atoms with E-state index < -0.39 is 57.5 Å². The summed E-state index contributed by atoms with van der Waals surface area (Å²) in [7, 11) is 0. The largest absolute Gasteiger partial charge is 0.504 e. The number of hydrogen-bond donors (Lipinski definition) is 10. The van der Waals surface area contributed by atoms with E-state index >= 15 is 0 Å². The van der Waals surface area contributed by atoms with Crippen LogP contribution in [0, 0.1) is 0 Å². The molecule has 11 heteroatoms. The van der Waals surface area contributed by atoms with Crippen molar-refractivity contribution in [2.24, 2.45) is 0 Å². The highest BCUT2D eigenvalue weighted by atomic mass is 16.4. The average Bonchev–Trinajstić information content (AvgIpc) is 3.44. The fourth-order valence-corrected chi connectivity index (χ4v) is 7.61. The molecule has 0 atom stereocenters. The van der Waals surface area contributed by atoms with Gasteiger partial charge in [0.15, 0.2) is 23.0 Å². The summed E-state index contributed by atoms with van der Waals surface area (Å²) < 4.78 is 0. The van der Waals surface area contributed by atoms with Crippen LogP contribution in [0.3, 0.4) is 0 Å². The minimum absolute atomic E-state index is 0.173. The summed E-state index contributed by atoms with van der Waals surface area (Å²) in [5.41, 5.74) is 8.50. The smallest absolute Gasteiger partial charge is 0.208 e. The molecule has 0 saturated heterocycles. The van der Waals surface area contributed by atoms with E-state index in [1.54, 1.807) is 24.3 Å². The Morgan fingerprint density at radius 3 is 1.11 bits per heavy atom. The van der Waals surface area contributed by atoms with Crippen LogP contribution in [0.2, 0.25) is 0 Å². The molecule has 0 spiro atoms. The lowest BCUT2D eigenvalue weighted by atomic mass is 9.81. The molecule has 1 aliphatic rings. The third-order valence-electron chi connectivity index (χ3n) is 10.6. The second-order valence-corrected chi connectivity index (χ2v) is 14.1. The average molecular weight is 750 g/mol. The zero-order valence-electron chi connectivity index (χ0n) is 29.9. The first-order valence-electron chi connectivity index (χ1n) is 17.4. The van der Waals surface area contributed by atoms with Crippen LogP contribution < -0.4 is 4.90 Å². The van der Waals surface area contributed by atoms with Crippen LogP contribution in [-0.2, 0) is 5.41 Å². The van der Waals surface area contributed by atoms with Gasteiger partial charge in [-0.25, -0.2) is 0 Å². The Kier molecular flexibility index (Phi) is 8.05. The highest BCUT2D eigenvalue weighted by Gasteiger charge is 2.35. The van der Waals surface area contributed by atoms with E-state index in [-0.39, 0.29) is 27.7 Å². The molecule has 7 aromatic rings. The molecule has 0 bridgehead atoms. The summed E-state index contributed by atoms with van der Waals surface area (Å²) in [6, 6.07) is 35.6. The number of rotatable bonds is 6. The van der Waals surface area contributed by atoms with Crippen LogP contribution in [0.15, 0.2) is 115 Å². The lowest BCUT2D eigenvalue weighted by Gasteiger charge is -2.26. The second kappa shape index (κ2) is 12.7. The predicted octanol–water partition coefficient (Wildman–Crippen LogP) is 9.52. The van der Waals surface area contributed by atoms with E-state index in [1.807, 2.05) is 29.2 Å². The maximum atomic E-state index is 10.6. The lowest BCUT2D eigenvalue weighted by molar-refractivity contribution is 0.330. The highest BCUT2D eigenvalue weighted by Crippen LogP contribution is 2.56. The molecule has 1 aliphatic carbocycles. The van der Waals surface area contributed by atoms with Gasteiger partial charge in [-0.05, 0) is 87.0 Å². The SMILES string of the molecule is CC1(C)c2ccccc2-c2ccc(-c3ccc(N(c4ccc(-c5c(O)c(O)c(O)c(O)c5O)cc4)c4ccc(-c5c(O)c(O)c(O)c(O)c5O)cc4)cc3)cc21. The summed E-state index contributed by atoms with van der Waals surface area (Å²) in [6.45, 7) is 4.45. The van der Waals surface area contributed by atoms with Gasteiger partial charge in [0.25, 0.3) is 0 Å². The zero-order valence-corrected chi connectivity index (χ0v) is 29.9. The molecule has 0 aliphatic heterocycles. The topological polar surface area (TPSA) is 206 Å². The van der Waals surface area contributed by atoms with Gasteiger partial charge in [-0.15, -0.1) is 0 Å². The van der Waals surface area contributed by atoms with Gasteiger partial charge in [0, 0.05) is 22.5 Å². The number of phenolic OH excluding ortho intramolecular Hbond substituents is 10. The molecule has 0 saturated carbocycles. The zero-order chi connectivity index (χ0) is 39.8. The summed E-state index contributed by atoms with van der Waals surface area (Å²) in [5, 5.41) is 103. The van der Waals surface area contributed by atoms with E-state index in [4.69, 9.17) is 0 Å². The third kappa shape index (κ3) is 5.28. The van der Waals surface area contributed by atoms with Gasteiger partial charge in [-0.3, -0.25) is 0 Å². The Bertz CT molecular complexity index is 2530. The normalized spacial score (nSPS) is 12.6. The first-order chi connectivity index (χ1) is 26.7. The fourth-order valence-electron chi connectivity index (χ4n) is 7.61. The van der Waals surface area contributed by atoms with Crippen LogP contribution in [0.1, 0.15) is 25.0 Å². The Labute approximate surface area is 320 Å². The van der Waals surface area contributed by atoms with Crippen molar-refractivity contribution in [2.75, 3.05) is 4.90 Å². The van der Waals surface area contributed by atoms with Crippen molar-refractivity contribution in [3.63, 3.8) is 0 Å². The van der Waals surface area contributed by atoms with E-state index in [0.717, 1.165) is 11.1 Å². The maximum Gasteiger partial charge on any atom is 0.208 e. The van der Waals surface area contributed by atoms with Crippen LogP contribution in [0.4, 0.5) is 17.1 Å². The monoisotopic (exact) mass is 749 g/mol. The van der Waals surface area contributed by atoms with E-state index in [1.165, 1.54) is 46.5 Å². The van der Waals surface area contributed by atoms with Gasteiger partial charge in [0.05, 0.1) is 11.1 Å². The minimum atomic E-state index is -1.06. The molecule has 0 unspecified atom stereocenters. The van der Waals surface area contributed by atoms with Crippen molar-refractivity contribution >= 4 is 17.1 Å². The first kappa shape index (κ1) is 35.4. The number of fused-ring (bicyclic) bond motifs is 3. The van der Waals surface area contributed by atoms with Gasteiger partial charge >= 0.3 is 0 Å².